The number of aryl methyl sites for hydroxylation is 1. The molecule has 0 aliphatic carbocycles. The molecule has 1 heterocycles. The maximum atomic E-state index is 12.8. The predicted molar refractivity (Wildman–Crippen MR) is 94.3 cm³/mol. The lowest BCUT2D eigenvalue weighted by molar-refractivity contribution is -0.146. The maximum Gasteiger partial charge on any atom is 0.289 e. The van der Waals surface area contributed by atoms with Gasteiger partial charge in [-0.1, -0.05) is 25.4 Å². The van der Waals surface area contributed by atoms with E-state index in [2.05, 4.69) is 0 Å². The SMILES string of the molecule is Cc1cc(Cl)ccc1C(=O)[C@@H]1CCCN(C(=O)C(=O)CC(C)C)C1. The zero-order valence-corrected chi connectivity index (χ0v) is 15.2. The summed E-state index contributed by atoms with van der Waals surface area (Å²) in [6, 6.07) is 5.22. The third-order valence-corrected chi connectivity index (χ3v) is 4.60. The van der Waals surface area contributed by atoms with Gasteiger partial charge in [-0.05, 0) is 49.4 Å². The Hall–Kier alpha value is -1.68. The molecule has 0 aromatic heterocycles. The Balaban J connectivity index is 2.08. The summed E-state index contributed by atoms with van der Waals surface area (Å²) in [5, 5.41) is 0.601. The van der Waals surface area contributed by atoms with Crippen LogP contribution in [0.1, 0.15) is 49.0 Å². The van der Waals surface area contributed by atoms with Crippen LogP contribution in [0.5, 0.6) is 0 Å². The molecule has 0 spiro atoms. The minimum Gasteiger partial charge on any atom is -0.335 e. The fourth-order valence-electron chi connectivity index (χ4n) is 3.13. The van der Waals surface area contributed by atoms with Gasteiger partial charge in [-0.3, -0.25) is 14.4 Å². The number of benzene rings is 1. The van der Waals surface area contributed by atoms with E-state index in [0.717, 1.165) is 18.4 Å². The van der Waals surface area contributed by atoms with Crippen LogP contribution in [0.3, 0.4) is 0 Å². The van der Waals surface area contributed by atoms with Gasteiger partial charge in [0.15, 0.2) is 5.78 Å². The van der Waals surface area contributed by atoms with Crippen molar-refractivity contribution in [3.05, 3.63) is 34.3 Å². The van der Waals surface area contributed by atoms with Gasteiger partial charge in [-0.15, -0.1) is 0 Å². The molecule has 130 valence electrons. The van der Waals surface area contributed by atoms with E-state index in [1.807, 2.05) is 20.8 Å². The van der Waals surface area contributed by atoms with Gasteiger partial charge in [0.1, 0.15) is 0 Å². The minimum absolute atomic E-state index is 0.0259. The predicted octanol–water partition coefficient (Wildman–Crippen LogP) is 3.68. The number of carbonyl (C=O) groups excluding carboxylic acids is 3. The van der Waals surface area contributed by atoms with E-state index in [1.54, 1.807) is 23.1 Å². The lowest BCUT2D eigenvalue weighted by atomic mass is 9.88. The zero-order chi connectivity index (χ0) is 17.9. The summed E-state index contributed by atoms with van der Waals surface area (Å²) in [7, 11) is 0. The van der Waals surface area contributed by atoms with Gasteiger partial charge in [0.25, 0.3) is 5.91 Å². The zero-order valence-electron chi connectivity index (χ0n) is 14.5. The molecular formula is C19H24ClNO3. The van der Waals surface area contributed by atoms with E-state index in [4.69, 9.17) is 11.6 Å². The van der Waals surface area contributed by atoms with Crippen LogP contribution in [0, 0.1) is 18.8 Å². The molecule has 5 heteroatoms. The quantitative estimate of drug-likeness (QED) is 0.601. The number of amides is 1. The molecule has 0 unspecified atom stereocenters. The van der Waals surface area contributed by atoms with Gasteiger partial charge in [0.2, 0.25) is 5.78 Å². The molecule has 1 aliphatic heterocycles. The van der Waals surface area contributed by atoms with E-state index in [0.29, 0.717) is 23.7 Å². The summed E-state index contributed by atoms with van der Waals surface area (Å²) in [5.74, 6) is -0.886. The number of nitrogens with zero attached hydrogens (tertiary/aromatic N) is 1. The van der Waals surface area contributed by atoms with Crippen molar-refractivity contribution in [2.24, 2.45) is 11.8 Å². The van der Waals surface area contributed by atoms with Crippen molar-refractivity contribution in [2.75, 3.05) is 13.1 Å². The highest BCUT2D eigenvalue weighted by molar-refractivity contribution is 6.36. The van der Waals surface area contributed by atoms with Crippen molar-refractivity contribution >= 4 is 29.1 Å². The number of rotatable bonds is 5. The number of likely N-dealkylation sites (tertiary alicyclic amines) is 1. The largest absolute Gasteiger partial charge is 0.335 e. The Kier molecular flexibility index (Phi) is 6.16. The third kappa shape index (κ3) is 4.44. The highest BCUT2D eigenvalue weighted by atomic mass is 35.5. The smallest absolute Gasteiger partial charge is 0.289 e. The fourth-order valence-corrected chi connectivity index (χ4v) is 3.36. The lowest BCUT2D eigenvalue weighted by Gasteiger charge is -2.32. The van der Waals surface area contributed by atoms with Crippen LogP contribution < -0.4 is 0 Å². The summed E-state index contributed by atoms with van der Waals surface area (Å²) in [6.07, 6.45) is 1.73. The highest BCUT2D eigenvalue weighted by Gasteiger charge is 2.32. The average molecular weight is 350 g/mol. The Morgan fingerprint density at radius 2 is 2.00 bits per heavy atom. The first-order chi connectivity index (χ1) is 11.3. The molecule has 24 heavy (non-hydrogen) atoms. The van der Waals surface area contributed by atoms with Crippen LogP contribution >= 0.6 is 11.6 Å². The molecular weight excluding hydrogens is 326 g/mol. The molecule has 1 fully saturated rings. The minimum atomic E-state index is -0.450. The summed E-state index contributed by atoms with van der Waals surface area (Å²) >= 11 is 5.95. The van der Waals surface area contributed by atoms with Crippen LogP contribution in [0.15, 0.2) is 18.2 Å². The standard InChI is InChI=1S/C19H24ClNO3/c1-12(2)9-17(22)19(24)21-8-4-5-14(11-21)18(23)16-7-6-15(20)10-13(16)3/h6-7,10,12,14H,4-5,8-9,11H2,1-3H3/t14-/m1/s1. The Morgan fingerprint density at radius 1 is 1.29 bits per heavy atom. The maximum absolute atomic E-state index is 12.8. The number of piperidine rings is 1. The third-order valence-electron chi connectivity index (χ3n) is 4.37. The number of ketones is 2. The Labute approximate surface area is 148 Å². The van der Waals surface area contributed by atoms with Crippen molar-refractivity contribution < 1.29 is 14.4 Å². The molecule has 4 nitrogen and oxygen atoms in total. The van der Waals surface area contributed by atoms with E-state index in [-0.39, 0.29) is 29.8 Å². The van der Waals surface area contributed by atoms with Crippen LogP contribution in [-0.4, -0.2) is 35.5 Å². The van der Waals surface area contributed by atoms with Gasteiger partial charge in [0.05, 0.1) is 0 Å². The Morgan fingerprint density at radius 3 is 2.62 bits per heavy atom. The average Bonchev–Trinajstić information content (AvgIpc) is 2.53. The second-order valence-corrected chi connectivity index (χ2v) is 7.37. The number of Topliss-reactive ketones (excluding diaryl/α,β-unsaturated/α-hetero) is 2. The van der Waals surface area contributed by atoms with E-state index < -0.39 is 5.91 Å². The molecule has 0 radical (unpaired) electrons. The van der Waals surface area contributed by atoms with Gasteiger partial charge in [-0.2, -0.15) is 0 Å². The van der Waals surface area contributed by atoms with Crippen molar-refractivity contribution in [2.45, 2.75) is 40.0 Å². The normalized spacial score (nSPS) is 17.9. The van der Waals surface area contributed by atoms with Crippen LogP contribution in [0.2, 0.25) is 5.02 Å². The summed E-state index contributed by atoms with van der Waals surface area (Å²) in [5.41, 5.74) is 1.49. The summed E-state index contributed by atoms with van der Waals surface area (Å²) in [4.78, 5) is 38.6. The first-order valence-corrected chi connectivity index (χ1v) is 8.80. The molecule has 1 saturated heterocycles. The topological polar surface area (TPSA) is 54.5 Å². The van der Waals surface area contributed by atoms with E-state index in [1.165, 1.54) is 0 Å². The van der Waals surface area contributed by atoms with Crippen molar-refractivity contribution in [3.63, 3.8) is 0 Å². The van der Waals surface area contributed by atoms with Gasteiger partial charge in [0, 0.05) is 36.0 Å². The second kappa shape index (κ2) is 7.93. The monoisotopic (exact) mass is 349 g/mol. The van der Waals surface area contributed by atoms with Crippen LogP contribution in [0.25, 0.3) is 0 Å². The summed E-state index contributed by atoms with van der Waals surface area (Å²) < 4.78 is 0. The van der Waals surface area contributed by atoms with Gasteiger partial charge >= 0.3 is 0 Å². The first-order valence-electron chi connectivity index (χ1n) is 8.42. The lowest BCUT2D eigenvalue weighted by Crippen LogP contribution is -2.45. The number of halogens is 1. The number of hydrogen-bond acceptors (Lipinski definition) is 3. The van der Waals surface area contributed by atoms with E-state index in [9.17, 15) is 14.4 Å². The van der Waals surface area contributed by atoms with E-state index >= 15 is 0 Å². The van der Waals surface area contributed by atoms with Crippen molar-refractivity contribution in [1.82, 2.24) is 4.90 Å². The second-order valence-electron chi connectivity index (χ2n) is 6.93. The van der Waals surface area contributed by atoms with Gasteiger partial charge < -0.3 is 4.90 Å². The highest BCUT2D eigenvalue weighted by Crippen LogP contribution is 2.24. The molecule has 1 amide bonds. The molecule has 1 aliphatic rings. The van der Waals surface area contributed by atoms with Crippen molar-refractivity contribution in [3.8, 4) is 0 Å². The Bertz CT molecular complexity index is 654. The number of carbonyl (C=O) groups is 3. The molecule has 2 rings (SSSR count). The molecule has 1 atom stereocenters. The summed E-state index contributed by atoms with van der Waals surface area (Å²) in [6.45, 7) is 6.56. The van der Waals surface area contributed by atoms with Crippen LogP contribution in [0.4, 0.5) is 0 Å². The molecule has 0 bridgehead atoms. The fraction of sp³-hybridized carbons (Fsp3) is 0.526. The molecule has 0 saturated carbocycles. The number of hydrogen-bond donors (Lipinski definition) is 0. The molecule has 1 aromatic rings. The van der Waals surface area contributed by atoms with Crippen LogP contribution in [-0.2, 0) is 9.59 Å². The molecule has 1 aromatic carbocycles. The van der Waals surface area contributed by atoms with Crippen molar-refractivity contribution in [1.29, 1.82) is 0 Å². The van der Waals surface area contributed by atoms with Gasteiger partial charge in [-0.25, -0.2) is 0 Å². The molecule has 0 N–H and O–H groups in total. The first kappa shape index (κ1) is 18.7.